The third kappa shape index (κ3) is 4.44. The van der Waals surface area contributed by atoms with Gasteiger partial charge in [0, 0.05) is 26.3 Å². The van der Waals surface area contributed by atoms with Crippen LogP contribution in [0.4, 0.5) is 0 Å². The highest BCUT2D eigenvalue weighted by Gasteiger charge is 2.29. The summed E-state index contributed by atoms with van der Waals surface area (Å²) in [6.45, 7) is 4.47. The fourth-order valence-corrected chi connectivity index (χ4v) is 2.77. The molecule has 2 N–H and O–H groups in total. The number of piperidine rings is 1. The Bertz CT molecular complexity index is 272. The Morgan fingerprint density at radius 3 is 2.74 bits per heavy atom. The normalized spacial score (nSPS) is 25.5. The minimum absolute atomic E-state index is 0.0865. The van der Waals surface area contributed by atoms with E-state index in [1.54, 1.807) is 0 Å². The lowest BCUT2D eigenvalue weighted by atomic mass is 9.98. The molecule has 5 heteroatoms. The van der Waals surface area contributed by atoms with E-state index < -0.39 is 0 Å². The highest BCUT2D eigenvalue weighted by molar-refractivity contribution is 5.79. The van der Waals surface area contributed by atoms with Crippen molar-refractivity contribution >= 4 is 5.91 Å². The van der Waals surface area contributed by atoms with Gasteiger partial charge in [-0.05, 0) is 38.6 Å². The third-order valence-corrected chi connectivity index (χ3v) is 3.97. The van der Waals surface area contributed by atoms with Crippen LogP contribution in [-0.4, -0.2) is 56.4 Å². The monoisotopic (exact) mass is 270 g/mol. The van der Waals surface area contributed by atoms with E-state index in [2.05, 4.69) is 0 Å². The number of amides is 1. The smallest absolute Gasteiger partial charge is 0.228 e. The van der Waals surface area contributed by atoms with Crippen molar-refractivity contribution in [1.82, 2.24) is 4.90 Å². The minimum atomic E-state index is 0.0865. The van der Waals surface area contributed by atoms with E-state index in [1.807, 2.05) is 4.90 Å². The molecule has 110 valence electrons. The van der Waals surface area contributed by atoms with Crippen molar-refractivity contribution in [3.63, 3.8) is 0 Å². The maximum atomic E-state index is 12.3. The molecule has 2 rings (SSSR count). The first kappa shape index (κ1) is 14.8. The average molecular weight is 270 g/mol. The van der Waals surface area contributed by atoms with Gasteiger partial charge in [-0.15, -0.1) is 0 Å². The first-order valence-electron chi connectivity index (χ1n) is 7.49. The van der Waals surface area contributed by atoms with Gasteiger partial charge in [-0.1, -0.05) is 0 Å². The van der Waals surface area contributed by atoms with Gasteiger partial charge in [0.25, 0.3) is 0 Å². The van der Waals surface area contributed by atoms with E-state index in [0.29, 0.717) is 19.3 Å². The molecule has 19 heavy (non-hydrogen) atoms. The summed E-state index contributed by atoms with van der Waals surface area (Å²) in [5, 5.41) is 0. The van der Waals surface area contributed by atoms with Crippen molar-refractivity contribution in [3.05, 3.63) is 0 Å². The van der Waals surface area contributed by atoms with Crippen molar-refractivity contribution in [1.29, 1.82) is 0 Å². The SMILES string of the molecule is NCCCOC1CCN(C(=O)C2CCCOC2)CC1. The Balaban J connectivity index is 1.68. The standard InChI is InChI=1S/C14H26N2O3/c15-6-2-10-19-13-4-7-16(8-5-13)14(17)12-3-1-9-18-11-12/h12-13H,1-11,15H2. The fourth-order valence-electron chi connectivity index (χ4n) is 2.77. The highest BCUT2D eigenvalue weighted by atomic mass is 16.5. The van der Waals surface area contributed by atoms with Gasteiger partial charge in [-0.2, -0.15) is 0 Å². The summed E-state index contributed by atoms with van der Waals surface area (Å²) in [6, 6.07) is 0. The molecular weight excluding hydrogens is 244 g/mol. The van der Waals surface area contributed by atoms with Gasteiger partial charge < -0.3 is 20.1 Å². The van der Waals surface area contributed by atoms with Crippen molar-refractivity contribution in [2.24, 2.45) is 11.7 Å². The van der Waals surface area contributed by atoms with E-state index >= 15 is 0 Å². The molecule has 1 atom stereocenters. The summed E-state index contributed by atoms with van der Waals surface area (Å²) in [7, 11) is 0. The van der Waals surface area contributed by atoms with Gasteiger partial charge >= 0.3 is 0 Å². The van der Waals surface area contributed by atoms with E-state index in [9.17, 15) is 4.79 Å². The van der Waals surface area contributed by atoms with Crippen molar-refractivity contribution < 1.29 is 14.3 Å². The Morgan fingerprint density at radius 1 is 1.32 bits per heavy atom. The zero-order chi connectivity index (χ0) is 13.5. The Labute approximate surface area is 115 Å². The first-order valence-corrected chi connectivity index (χ1v) is 7.49. The average Bonchev–Trinajstić information content (AvgIpc) is 2.48. The topological polar surface area (TPSA) is 64.8 Å². The molecule has 5 nitrogen and oxygen atoms in total. The summed E-state index contributed by atoms with van der Waals surface area (Å²) < 4.78 is 11.2. The van der Waals surface area contributed by atoms with Gasteiger partial charge in [0.2, 0.25) is 5.91 Å². The number of nitrogens with zero attached hydrogens (tertiary/aromatic N) is 1. The zero-order valence-electron chi connectivity index (χ0n) is 11.7. The molecule has 0 aliphatic carbocycles. The summed E-state index contributed by atoms with van der Waals surface area (Å²) >= 11 is 0. The molecule has 2 saturated heterocycles. The lowest BCUT2D eigenvalue weighted by Gasteiger charge is -2.35. The van der Waals surface area contributed by atoms with Crippen molar-refractivity contribution in [2.45, 2.75) is 38.2 Å². The van der Waals surface area contributed by atoms with Crippen LogP contribution in [0.1, 0.15) is 32.1 Å². The number of hydrogen-bond donors (Lipinski definition) is 1. The summed E-state index contributed by atoms with van der Waals surface area (Å²) in [5.74, 6) is 0.364. The van der Waals surface area contributed by atoms with Crippen LogP contribution in [0.2, 0.25) is 0 Å². The van der Waals surface area contributed by atoms with Crippen LogP contribution in [-0.2, 0) is 14.3 Å². The van der Waals surface area contributed by atoms with Crippen LogP contribution in [0.25, 0.3) is 0 Å². The van der Waals surface area contributed by atoms with Crippen LogP contribution in [0.15, 0.2) is 0 Å². The molecule has 0 aromatic heterocycles. The molecule has 2 aliphatic heterocycles. The van der Waals surface area contributed by atoms with Gasteiger partial charge in [0.15, 0.2) is 0 Å². The van der Waals surface area contributed by atoms with Crippen LogP contribution < -0.4 is 5.73 Å². The molecule has 0 spiro atoms. The summed E-state index contributed by atoms with van der Waals surface area (Å²) in [6.07, 6.45) is 5.10. The van der Waals surface area contributed by atoms with Gasteiger partial charge in [-0.25, -0.2) is 0 Å². The molecular formula is C14H26N2O3. The highest BCUT2D eigenvalue weighted by Crippen LogP contribution is 2.20. The molecule has 2 aliphatic rings. The molecule has 0 saturated carbocycles. The van der Waals surface area contributed by atoms with E-state index in [-0.39, 0.29) is 11.8 Å². The number of hydrogen-bond acceptors (Lipinski definition) is 4. The van der Waals surface area contributed by atoms with Gasteiger partial charge in [0.05, 0.1) is 18.6 Å². The first-order chi connectivity index (χ1) is 9.31. The van der Waals surface area contributed by atoms with Gasteiger partial charge in [0.1, 0.15) is 0 Å². The van der Waals surface area contributed by atoms with Crippen LogP contribution in [0, 0.1) is 5.92 Å². The van der Waals surface area contributed by atoms with Gasteiger partial charge in [-0.3, -0.25) is 4.79 Å². The number of rotatable bonds is 5. The second-order valence-corrected chi connectivity index (χ2v) is 5.45. The Morgan fingerprint density at radius 2 is 2.11 bits per heavy atom. The predicted octanol–water partition coefficient (Wildman–Crippen LogP) is 0.769. The molecule has 1 unspecified atom stereocenters. The van der Waals surface area contributed by atoms with Crippen LogP contribution in [0.3, 0.4) is 0 Å². The molecule has 2 fully saturated rings. The summed E-state index contributed by atoms with van der Waals surface area (Å²) in [4.78, 5) is 14.3. The maximum Gasteiger partial charge on any atom is 0.228 e. The maximum absolute atomic E-state index is 12.3. The van der Waals surface area contributed by atoms with Crippen molar-refractivity contribution in [2.75, 3.05) is 39.5 Å². The Kier molecular flexibility index (Phi) is 6.07. The second kappa shape index (κ2) is 7.82. The van der Waals surface area contributed by atoms with E-state index in [0.717, 1.165) is 58.4 Å². The number of ether oxygens (including phenoxy) is 2. The van der Waals surface area contributed by atoms with E-state index in [4.69, 9.17) is 15.2 Å². The van der Waals surface area contributed by atoms with Crippen molar-refractivity contribution in [3.8, 4) is 0 Å². The number of carbonyl (C=O) groups is 1. The largest absolute Gasteiger partial charge is 0.381 e. The molecule has 2 heterocycles. The zero-order valence-corrected chi connectivity index (χ0v) is 11.7. The minimum Gasteiger partial charge on any atom is -0.381 e. The molecule has 0 bridgehead atoms. The second-order valence-electron chi connectivity index (χ2n) is 5.45. The lowest BCUT2D eigenvalue weighted by molar-refractivity contribution is -0.142. The Hall–Kier alpha value is -0.650. The fraction of sp³-hybridized carbons (Fsp3) is 0.929. The quantitative estimate of drug-likeness (QED) is 0.749. The van der Waals surface area contributed by atoms with Crippen LogP contribution >= 0.6 is 0 Å². The number of carbonyl (C=O) groups excluding carboxylic acids is 1. The van der Waals surface area contributed by atoms with Crippen LogP contribution in [0.5, 0.6) is 0 Å². The predicted molar refractivity (Wildman–Crippen MR) is 72.8 cm³/mol. The lowest BCUT2D eigenvalue weighted by Crippen LogP contribution is -2.45. The third-order valence-electron chi connectivity index (χ3n) is 3.97. The number of likely N-dealkylation sites (tertiary alicyclic amines) is 1. The summed E-state index contributed by atoms with van der Waals surface area (Å²) in [5.41, 5.74) is 5.44. The molecule has 1 amide bonds. The molecule has 0 aromatic rings. The molecule has 0 radical (unpaired) electrons. The number of nitrogens with two attached hydrogens (primary N) is 1. The van der Waals surface area contributed by atoms with E-state index in [1.165, 1.54) is 0 Å². The molecule has 0 aromatic carbocycles.